The fourth-order valence-corrected chi connectivity index (χ4v) is 3.54. The van der Waals surface area contributed by atoms with Gasteiger partial charge in [0.2, 0.25) is 16.0 Å². The van der Waals surface area contributed by atoms with Crippen molar-refractivity contribution in [2.24, 2.45) is 5.14 Å². The summed E-state index contributed by atoms with van der Waals surface area (Å²) >= 11 is 12.0. The number of H-pyrrole nitrogens is 1. The molecule has 0 bridgehead atoms. The number of anilines is 2. The van der Waals surface area contributed by atoms with Crippen LogP contribution in [0.2, 0.25) is 10.0 Å². The summed E-state index contributed by atoms with van der Waals surface area (Å²) in [5, 5.41) is 8.18. The van der Waals surface area contributed by atoms with Crippen molar-refractivity contribution in [2.45, 2.75) is 11.1 Å². The Kier molecular flexibility index (Phi) is 4.55. The number of halogens is 5. The molecule has 0 aliphatic rings. The Morgan fingerprint density at radius 1 is 1.15 bits per heavy atom. The second-order valence-electron chi connectivity index (χ2n) is 5.22. The Morgan fingerprint density at radius 3 is 2.31 bits per heavy atom. The summed E-state index contributed by atoms with van der Waals surface area (Å²) in [6, 6.07) is 6.10. The molecule has 3 aromatic rings. The van der Waals surface area contributed by atoms with E-state index in [1.54, 1.807) is 18.2 Å². The van der Waals surface area contributed by atoms with Crippen molar-refractivity contribution in [3.05, 3.63) is 45.9 Å². The van der Waals surface area contributed by atoms with Gasteiger partial charge < -0.3 is 10.3 Å². The number of para-hydroxylation sites is 1. The van der Waals surface area contributed by atoms with E-state index < -0.39 is 26.7 Å². The number of aromatic nitrogens is 2. The number of fused-ring (bicyclic) bond motifs is 1. The number of hydrogen-bond acceptors (Lipinski definition) is 4. The Hall–Kier alpha value is -2.01. The average molecular weight is 425 g/mol. The number of benzene rings is 2. The van der Waals surface area contributed by atoms with Crippen LogP contribution in [0.1, 0.15) is 5.56 Å². The molecule has 6 nitrogen and oxygen atoms in total. The van der Waals surface area contributed by atoms with E-state index >= 15 is 0 Å². The first-order valence-electron chi connectivity index (χ1n) is 6.81. The topological polar surface area (TPSA) is 101 Å². The minimum atomic E-state index is -4.92. The van der Waals surface area contributed by atoms with Crippen molar-refractivity contribution >= 4 is 55.9 Å². The van der Waals surface area contributed by atoms with Crippen LogP contribution >= 0.6 is 23.2 Å². The molecule has 0 radical (unpaired) electrons. The maximum absolute atomic E-state index is 13.2. The number of rotatable bonds is 3. The second-order valence-corrected chi connectivity index (χ2v) is 7.56. The molecule has 12 heteroatoms. The van der Waals surface area contributed by atoms with Gasteiger partial charge >= 0.3 is 6.18 Å². The first-order chi connectivity index (χ1) is 12.0. The molecular formula is C14H9Cl2F3N4O2S. The third-order valence-corrected chi connectivity index (χ3v) is 4.98. The number of aromatic amines is 1. The summed E-state index contributed by atoms with van der Waals surface area (Å²) in [6.07, 6.45) is -4.92. The molecular weight excluding hydrogens is 416 g/mol. The summed E-state index contributed by atoms with van der Waals surface area (Å²) in [5.74, 6) is 0.0229. The van der Waals surface area contributed by atoms with E-state index in [-0.39, 0.29) is 32.7 Å². The van der Waals surface area contributed by atoms with Crippen LogP contribution in [-0.4, -0.2) is 18.4 Å². The van der Waals surface area contributed by atoms with Gasteiger partial charge in [-0.1, -0.05) is 29.3 Å². The first kappa shape index (κ1) is 18.8. The average Bonchev–Trinajstić information content (AvgIpc) is 2.89. The van der Waals surface area contributed by atoms with Gasteiger partial charge in [0, 0.05) is 0 Å². The third-order valence-electron chi connectivity index (χ3n) is 3.40. The standard InChI is InChI=1S/C14H9Cl2F3N4O2S/c15-7-2-1-3-8(16)12(7)23-13-21-9-4-6(14(17,18)19)11(26(20,24)25)5-10(9)22-13/h1-5H,(H2,20,24,25)(H2,21,22,23). The molecule has 0 saturated heterocycles. The lowest BCUT2D eigenvalue weighted by molar-refractivity contribution is -0.139. The van der Waals surface area contributed by atoms with Crippen LogP contribution in [-0.2, 0) is 16.2 Å². The van der Waals surface area contributed by atoms with Crippen LogP contribution in [0.15, 0.2) is 35.2 Å². The number of nitrogens with two attached hydrogens (primary N) is 1. The van der Waals surface area contributed by atoms with Crippen LogP contribution in [0.4, 0.5) is 24.8 Å². The molecule has 0 unspecified atom stereocenters. The van der Waals surface area contributed by atoms with Crippen molar-refractivity contribution in [1.82, 2.24) is 9.97 Å². The summed E-state index contributed by atoms with van der Waals surface area (Å²) in [6.45, 7) is 0. The summed E-state index contributed by atoms with van der Waals surface area (Å²) in [7, 11) is -4.61. The van der Waals surface area contributed by atoms with E-state index in [1.165, 1.54) is 0 Å². The van der Waals surface area contributed by atoms with Gasteiger partial charge in [0.05, 0.1) is 37.2 Å². The van der Waals surface area contributed by atoms with Crippen LogP contribution in [0.25, 0.3) is 11.0 Å². The second kappa shape index (κ2) is 6.31. The van der Waals surface area contributed by atoms with Crippen LogP contribution in [0.5, 0.6) is 0 Å². The summed E-state index contributed by atoms with van der Waals surface area (Å²) in [4.78, 5) is 5.57. The summed E-state index contributed by atoms with van der Waals surface area (Å²) in [5.41, 5.74) is -1.18. The Bertz CT molecular complexity index is 1090. The van der Waals surface area contributed by atoms with E-state index in [0.29, 0.717) is 6.07 Å². The zero-order valence-corrected chi connectivity index (χ0v) is 14.9. The number of primary sulfonamides is 1. The lowest BCUT2D eigenvalue weighted by Gasteiger charge is -2.11. The largest absolute Gasteiger partial charge is 0.417 e. The molecule has 3 rings (SSSR count). The van der Waals surface area contributed by atoms with Gasteiger partial charge in [-0.3, -0.25) is 0 Å². The molecule has 0 saturated carbocycles. The van der Waals surface area contributed by atoms with E-state index in [0.717, 1.165) is 6.07 Å². The van der Waals surface area contributed by atoms with E-state index in [1.807, 2.05) is 0 Å². The molecule has 2 aromatic carbocycles. The van der Waals surface area contributed by atoms with Gasteiger partial charge in [0.25, 0.3) is 0 Å². The van der Waals surface area contributed by atoms with Gasteiger partial charge in [0.15, 0.2) is 0 Å². The highest BCUT2D eigenvalue weighted by atomic mass is 35.5. The lowest BCUT2D eigenvalue weighted by Crippen LogP contribution is -2.19. The quantitative estimate of drug-likeness (QED) is 0.583. The smallest absolute Gasteiger partial charge is 0.324 e. The number of hydrogen-bond donors (Lipinski definition) is 3. The predicted molar refractivity (Wildman–Crippen MR) is 92.2 cm³/mol. The SMILES string of the molecule is NS(=O)(=O)c1cc2nc(Nc3c(Cl)cccc3Cl)[nH]c2cc1C(F)(F)F. The maximum Gasteiger partial charge on any atom is 0.417 e. The van der Waals surface area contributed by atoms with E-state index in [9.17, 15) is 21.6 Å². The van der Waals surface area contributed by atoms with Gasteiger partial charge in [-0.2, -0.15) is 13.2 Å². The number of alkyl halides is 3. The summed E-state index contributed by atoms with van der Waals surface area (Å²) < 4.78 is 62.5. The van der Waals surface area contributed by atoms with Crippen molar-refractivity contribution in [2.75, 3.05) is 5.32 Å². The third kappa shape index (κ3) is 3.58. The number of nitrogens with zero attached hydrogens (tertiary/aromatic N) is 1. The molecule has 0 aliphatic heterocycles. The molecule has 138 valence electrons. The number of imidazole rings is 1. The minimum absolute atomic E-state index is 0.0229. The van der Waals surface area contributed by atoms with Crippen LogP contribution in [0, 0.1) is 0 Å². The Morgan fingerprint density at radius 2 is 1.77 bits per heavy atom. The highest BCUT2D eigenvalue weighted by Gasteiger charge is 2.37. The molecule has 0 fully saturated rings. The van der Waals surface area contributed by atoms with Crippen molar-refractivity contribution < 1.29 is 21.6 Å². The highest BCUT2D eigenvalue weighted by molar-refractivity contribution is 7.89. The fraction of sp³-hybridized carbons (Fsp3) is 0.0714. The molecule has 0 aliphatic carbocycles. The minimum Gasteiger partial charge on any atom is -0.324 e. The fourth-order valence-electron chi connectivity index (χ4n) is 2.29. The maximum atomic E-state index is 13.2. The Balaban J connectivity index is 2.15. The lowest BCUT2D eigenvalue weighted by atomic mass is 10.2. The molecule has 26 heavy (non-hydrogen) atoms. The predicted octanol–water partition coefficient (Wildman–Crippen LogP) is 4.28. The molecule has 4 N–H and O–H groups in total. The molecule has 1 heterocycles. The molecule has 0 spiro atoms. The van der Waals surface area contributed by atoms with Gasteiger partial charge in [0.1, 0.15) is 0 Å². The first-order valence-corrected chi connectivity index (χ1v) is 9.12. The number of nitrogens with one attached hydrogen (secondary N) is 2. The molecule has 0 atom stereocenters. The van der Waals surface area contributed by atoms with Gasteiger partial charge in [-0.05, 0) is 24.3 Å². The Labute approximate surface area is 155 Å². The van der Waals surface area contributed by atoms with Crippen molar-refractivity contribution in [3.63, 3.8) is 0 Å². The van der Waals surface area contributed by atoms with Crippen LogP contribution in [0.3, 0.4) is 0 Å². The van der Waals surface area contributed by atoms with E-state index in [4.69, 9.17) is 28.3 Å². The van der Waals surface area contributed by atoms with Gasteiger partial charge in [-0.15, -0.1) is 0 Å². The molecule has 0 amide bonds. The van der Waals surface area contributed by atoms with Crippen molar-refractivity contribution in [1.29, 1.82) is 0 Å². The van der Waals surface area contributed by atoms with E-state index in [2.05, 4.69) is 15.3 Å². The molecule has 1 aromatic heterocycles. The number of sulfonamides is 1. The zero-order chi connectivity index (χ0) is 19.3. The monoisotopic (exact) mass is 424 g/mol. The zero-order valence-electron chi connectivity index (χ0n) is 12.5. The van der Waals surface area contributed by atoms with Crippen molar-refractivity contribution in [3.8, 4) is 0 Å². The normalized spacial score (nSPS) is 12.5. The van der Waals surface area contributed by atoms with Gasteiger partial charge in [-0.25, -0.2) is 18.5 Å². The van der Waals surface area contributed by atoms with Crippen LogP contribution < -0.4 is 10.5 Å². The highest BCUT2D eigenvalue weighted by Crippen LogP contribution is 2.37.